The Morgan fingerprint density at radius 2 is 1.85 bits per heavy atom. The van der Waals surface area contributed by atoms with Crippen molar-refractivity contribution in [1.29, 1.82) is 0 Å². The Balaban J connectivity index is 1.63. The van der Waals surface area contributed by atoms with Gasteiger partial charge in [-0.2, -0.15) is 0 Å². The lowest BCUT2D eigenvalue weighted by atomic mass is 10.0. The van der Waals surface area contributed by atoms with E-state index >= 15 is 0 Å². The van der Waals surface area contributed by atoms with E-state index in [-0.39, 0.29) is 17.0 Å². The lowest BCUT2D eigenvalue weighted by Gasteiger charge is -2.20. The first-order valence-corrected chi connectivity index (χ1v) is 8.83. The third-order valence-electron chi connectivity index (χ3n) is 4.88. The van der Waals surface area contributed by atoms with Crippen LogP contribution in [0.25, 0.3) is 11.3 Å². The van der Waals surface area contributed by atoms with Gasteiger partial charge in [0, 0.05) is 62.0 Å². The number of amides is 1. The zero-order valence-electron chi connectivity index (χ0n) is 15.0. The van der Waals surface area contributed by atoms with Gasteiger partial charge in [-0.15, -0.1) is 0 Å². The summed E-state index contributed by atoms with van der Waals surface area (Å²) in [5.74, 6) is -0.234. The zero-order chi connectivity index (χ0) is 18.8. The zero-order valence-corrected chi connectivity index (χ0v) is 15.0. The Morgan fingerprint density at radius 1 is 1.07 bits per heavy atom. The van der Waals surface area contributed by atoms with Crippen LogP contribution in [-0.4, -0.2) is 43.4 Å². The monoisotopic (exact) mass is 361 g/mol. The van der Waals surface area contributed by atoms with E-state index in [1.807, 2.05) is 12.1 Å². The Bertz CT molecular complexity index is 1050. The predicted octanol–water partition coefficient (Wildman–Crippen LogP) is 1.48. The van der Waals surface area contributed by atoms with E-state index in [2.05, 4.69) is 15.0 Å². The molecule has 0 saturated carbocycles. The van der Waals surface area contributed by atoms with Crippen molar-refractivity contribution in [2.75, 3.05) is 13.1 Å². The molecule has 3 aromatic rings. The molecule has 1 aliphatic rings. The molecule has 0 saturated heterocycles. The van der Waals surface area contributed by atoms with E-state index in [9.17, 15) is 9.59 Å². The molecule has 4 rings (SSSR count). The second-order valence-corrected chi connectivity index (χ2v) is 6.51. The van der Waals surface area contributed by atoms with E-state index in [0.717, 1.165) is 22.5 Å². The minimum absolute atomic E-state index is 0.200. The molecule has 0 spiro atoms. The van der Waals surface area contributed by atoms with Crippen LogP contribution in [-0.2, 0) is 19.9 Å². The van der Waals surface area contributed by atoms with Crippen molar-refractivity contribution >= 4 is 5.91 Å². The first-order chi connectivity index (χ1) is 13.1. The lowest BCUT2D eigenvalue weighted by molar-refractivity contribution is 0.0760. The Morgan fingerprint density at radius 3 is 2.67 bits per heavy atom. The molecular formula is C20H19N5O2. The third kappa shape index (κ3) is 3.23. The molecule has 136 valence electrons. The lowest BCUT2D eigenvalue weighted by Crippen LogP contribution is -2.37. The van der Waals surface area contributed by atoms with Gasteiger partial charge >= 0.3 is 0 Å². The number of aryl methyl sites for hydroxylation is 1. The normalized spacial score (nSPS) is 13.7. The topological polar surface area (TPSA) is 81.0 Å². The number of carbonyl (C=O) groups excluding carboxylic acids is 1. The fraction of sp³-hybridized carbons (Fsp3) is 0.250. The summed E-state index contributed by atoms with van der Waals surface area (Å²) in [5, 5.41) is 0. The number of nitrogens with zero attached hydrogens (tertiary/aromatic N) is 5. The minimum atomic E-state index is -0.276. The summed E-state index contributed by atoms with van der Waals surface area (Å²) in [6, 6.07) is 7.15. The summed E-state index contributed by atoms with van der Waals surface area (Å²) in [6.45, 7) is 1.05. The molecule has 0 N–H and O–H groups in total. The fourth-order valence-electron chi connectivity index (χ4n) is 3.42. The number of hydrogen-bond donors (Lipinski definition) is 0. The number of rotatable bonds is 2. The summed E-state index contributed by atoms with van der Waals surface area (Å²) in [4.78, 5) is 39.9. The molecule has 0 atom stereocenters. The second kappa shape index (κ2) is 7.11. The van der Waals surface area contributed by atoms with Gasteiger partial charge in [-0.1, -0.05) is 0 Å². The fourth-order valence-corrected chi connectivity index (χ4v) is 3.42. The van der Waals surface area contributed by atoms with E-state index in [0.29, 0.717) is 25.9 Å². The maximum Gasteiger partial charge on any atom is 0.263 e. The molecule has 0 fully saturated rings. The highest BCUT2D eigenvalue weighted by Gasteiger charge is 2.24. The SMILES string of the molecule is Cn1cccc(C(=O)N2CCc3ncnc(-c4ccncc4)c3CC2)c1=O. The molecule has 0 radical (unpaired) electrons. The van der Waals surface area contributed by atoms with Gasteiger partial charge in [0.15, 0.2) is 0 Å². The molecule has 1 amide bonds. The van der Waals surface area contributed by atoms with Crippen LogP contribution in [0.5, 0.6) is 0 Å². The van der Waals surface area contributed by atoms with Gasteiger partial charge in [0.05, 0.1) is 5.69 Å². The number of hydrogen-bond acceptors (Lipinski definition) is 5. The summed E-state index contributed by atoms with van der Waals surface area (Å²) in [7, 11) is 1.65. The van der Waals surface area contributed by atoms with Crippen LogP contribution >= 0.6 is 0 Å². The van der Waals surface area contributed by atoms with Crippen LogP contribution in [0.4, 0.5) is 0 Å². The Labute approximate surface area is 156 Å². The van der Waals surface area contributed by atoms with Gasteiger partial charge < -0.3 is 9.47 Å². The first-order valence-electron chi connectivity index (χ1n) is 8.83. The van der Waals surface area contributed by atoms with Crippen molar-refractivity contribution in [2.24, 2.45) is 7.05 Å². The van der Waals surface area contributed by atoms with Crippen molar-refractivity contribution in [3.05, 3.63) is 76.4 Å². The van der Waals surface area contributed by atoms with Crippen molar-refractivity contribution in [3.8, 4) is 11.3 Å². The molecular weight excluding hydrogens is 342 g/mol. The van der Waals surface area contributed by atoms with Gasteiger partial charge in [-0.3, -0.25) is 14.6 Å². The molecule has 7 heteroatoms. The van der Waals surface area contributed by atoms with Crippen LogP contribution in [0.2, 0.25) is 0 Å². The largest absolute Gasteiger partial charge is 0.338 e. The van der Waals surface area contributed by atoms with Gasteiger partial charge in [-0.25, -0.2) is 9.97 Å². The van der Waals surface area contributed by atoms with E-state index in [1.165, 1.54) is 4.57 Å². The molecule has 3 aromatic heterocycles. The van der Waals surface area contributed by atoms with E-state index < -0.39 is 0 Å². The molecule has 1 aliphatic heterocycles. The standard InChI is InChI=1S/C20H19N5O2/c1-24-10-2-3-16(19(24)26)20(27)25-11-6-15-17(7-12-25)22-13-23-18(15)14-4-8-21-9-5-14/h2-5,8-10,13H,6-7,11-12H2,1H3. The minimum Gasteiger partial charge on any atom is -0.338 e. The highest BCUT2D eigenvalue weighted by Crippen LogP contribution is 2.25. The first kappa shape index (κ1) is 17.1. The van der Waals surface area contributed by atoms with Crippen LogP contribution in [0.1, 0.15) is 21.6 Å². The van der Waals surface area contributed by atoms with Gasteiger partial charge in [0.2, 0.25) is 0 Å². The summed E-state index contributed by atoms with van der Waals surface area (Å²) < 4.78 is 1.42. The maximum absolute atomic E-state index is 12.9. The molecule has 0 bridgehead atoms. The van der Waals surface area contributed by atoms with Crippen molar-refractivity contribution < 1.29 is 4.79 Å². The van der Waals surface area contributed by atoms with Crippen molar-refractivity contribution in [2.45, 2.75) is 12.8 Å². The van der Waals surface area contributed by atoms with Crippen LogP contribution in [0.15, 0.2) is 54.0 Å². The number of aromatic nitrogens is 4. The van der Waals surface area contributed by atoms with Crippen LogP contribution < -0.4 is 5.56 Å². The average molecular weight is 361 g/mol. The van der Waals surface area contributed by atoms with Gasteiger partial charge in [0.1, 0.15) is 11.9 Å². The molecule has 0 aliphatic carbocycles. The van der Waals surface area contributed by atoms with Crippen LogP contribution in [0.3, 0.4) is 0 Å². The average Bonchev–Trinajstić information content (AvgIpc) is 2.93. The molecule has 27 heavy (non-hydrogen) atoms. The maximum atomic E-state index is 12.9. The smallest absolute Gasteiger partial charge is 0.263 e. The quantitative estimate of drug-likeness (QED) is 0.691. The molecule has 0 unspecified atom stereocenters. The molecule has 0 aromatic carbocycles. The summed E-state index contributed by atoms with van der Waals surface area (Å²) in [5.41, 5.74) is 3.80. The van der Waals surface area contributed by atoms with Crippen LogP contribution in [0, 0.1) is 0 Å². The number of pyridine rings is 2. The van der Waals surface area contributed by atoms with Crippen molar-refractivity contribution in [1.82, 2.24) is 24.4 Å². The molecule has 7 nitrogen and oxygen atoms in total. The van der Waals surface area contributed by atoms with E-state index in [1.54, 1.807) is 49.0 Å². The Hall–Kier alpha value is -3.35. The third-order valence-corrected chi connectivity index (χ3v) is 4.88. The summed E-state index contributed by atoms with van der Waals surface area (Å²) in [6.07, 6.45) is 7.97. The molecule has 4 heterocycles. The van der Waals surface area contributed by atoms with Crippen molar-refractivity contribution in [3.63, 3.8) is 0 Å². The van der Waals surface area contributed by atoms with Gasteiger partial charge in [0.25, 0.3) is 11.5 Å². The van der Waals surface area contributed by atoms with Gasteiger partial charge in [-0.05, 0) is 30.7 Å². The predicted molar refractivity (Wildman–Crippen MR) is 100 cm³/mol. The highest BCUT2D eigenvalue weighted by molar-refractivity contribution is 5.94. The second-order valence-electron chi connectivity index (χ2n) is 6.51. The summed E-state index contributed by atoms with van der Waals surface area (Å²) >= 11 is 0. The Kier molecular flexibility index (Phi) is 4.50. The number of fused-ring (bicyclic) bond motifs is 1. The van der Waals surface area contributed by atoms with E-state index in [4.69, 9.17) is 0 Å². The number of carbonyl (C=O) groups is 1. The highest BCUT2D eigenvalue weighted by atomic mass is 16.2.